The van der Waals surface area contributed by atoms with Gasteiger partial charge in [0.1, 0.15) is 34.6 Å². The van der Waals surface area contributed by atoms with Crippen LogP contribution in [0.4, 0.5) is 35.4 Å². The molecule has 0 saturated carbocycles. The summed E-state index contributed by atoms with van der Waals surface area (Å²) in [4.78, 5) is 33.7. The van der Waals surface area contributed by atoms with Crippen LogP contribution in [0.3, 0.4) is 0 Å². The minimum absolute atomic E-state index is 0.104. The van der Waals surface area contributed by atoms with Gasteiger partial charge in [0.05, 0.1) is 12.8 Å². The number of halogens is 3. The van der Waals surface area contributed by atoms with Gasteiger partial charge in [0.25, 0.3) is 0 Å². The smallest absolute Gasteiger partial charge is 0.421 e. The van der Waals surface area contributed by atoms with Crippen molar-refractivity contribution in [3.8, 4) is 11.5 Å². The van der Waals surface area contributed by atoms with Gasteiger partial charge in [-0.1, -0.05) is 12.7 Å². The summed E-state index contributed by atoms with van der Waals surface area (Å²) in [5.41, 5.74) is -0.349. The maximum absolute atomic E-state index is 13.8. The molecule has 1 aromatic heterocycles. The molecule has 0 radical (unpaired) electrons. The number of allylic oxidation sites excluding steroid dienone is 3. The number of amides is 2. The average Bonchev–Trinajstić information content (AvgIpc) is 2.97. The van der Waals surface area contributed by atoms with Crippen molar-refractivity contribution in [2.45, 2.75) is 64.3 Å². The first-order valence-electron chi connectivity index (χ1n) is 14.4. The molecule has 0 unspecified atom stereocenters. The Bertz CT molecular complexity index is 1480. The number of rotatable bonds is 9. The molecule has 45 heavy (non-hydrogen) atoms. The quantitative estimate of drug-likeness (QED) is 0.274. The second-order valence-electron chi connectivity index (χ2n) is 11.4. The third-order valence-electron chi connectivity index (χ3n) is 6.75. The molecule has 1 saturated heterocycles. The summed E-state index contributed by atoms with van der Waals surface area (Å²) >= 11 is 0. The zero-order valence-electron chi connectivity index (χ0n) is 25.6. The minimum atomic E-state index is -4.72. The summed E-state index contributed by atoms with van der Waals surface area (Å²) < 4.78 is 58.6. The van der Waals surface area contributed by atoms with Gasteiger partial charge in [-0.2, -0.15) is 18.2 Å². The number of benzene rings is 1. The lowest BCUT2D eigenvalue weighted by Gasteiger charge is -2.33. The van der Waals surface area contributed by atoms with Crippen molar-refractivity contribution in [2.24, 2.45) is 0 Å². The highest BCUT2D eigenvalue weighted by Gasteiger charge is 2.36. The maximum Gasteiger partial charge on any atom is 0.421 e. The molecule has 3 N–H and O–H groups in total. The fourth-order valence-electron chi connectivity index (χ4n) is 4.62. The zero-order chi connectivity index (χ0) is 32.8. The van der Waals surface area contributed by atoms with Crippen LogP contribution in [0.15, 0.2) is 60.6 Å². The number of nitrogens with one attached hydrogen (secondary N) is 3. The fraction of sp³-hybridized carbons (Fsp3) is 0.419. The molecule has 2 aromatic rings. The number of carbonyl (C=O) groups is 2. The summed E-state index contributed by atoms with van der Waals surface area (Å²) in [6.45, 7) is 9.86. The normalized spacial score (nSPS) is 15.8. The van der Waals surface area contributed by atoms with Gasteiger partial charge in [0, 0.05) is 49.6 Å². The van der Waals surface area contributed by atoms with E-state index < -0.39 is 29.1 Å². The number of piperidine rings is 1. The largest absolute Gasteiger partial charge is 0.494 e. The Hall–Kier alpha value is -4.75. The highest BCUT2D eigenvalue weighted by atomic mass is 19.4. The minimum Gasteiger partial charge on any atom is -0.494 e. The Labute approximate surface area is 259 Å². The van der Waals surface area contributed by atoms with Crippen LogP contribution in [0.25, 0.3) is 0 Å². The van der Waals surface area contributed by atoms with Crippen molar-refractivity contribution in [1.82, 2.24) is 20.2 Å². The highest BCUT2D eigenvalue weighted by molar-refractivity contribution is 5.88. The lowest BCUT2D eigenvalue weighted by molar-refractivity contribution is -0.137. The van der Waals surface area contributed by atoms with E-state index in [-0.39, 0.29) is 18.1 Å². The van der Waals surface area contributed by atoms with Crippen LogP contribution in [-0.4, -0.2) is 58.8 Å². The van der Waals surface area contributed by atoms with E-state index in [1.165, 1.54) is 7.11 Å². The monoisotopic (exact) mass is 630 g/mol. The van der Waals surface area contributed by atoms with E-state index >= 15 is 0 Å². The van der Waals surface area contributed by atoms with Gasteiger partial charge >= 0.3 is 12.3 Å². The van der Waals surface area contributed by atoms with Gasteiger partial charge in [-0.25, -0.2) is 9.78 Å². The molecule has 1 aliphatic carbocycles. The maximum atomic E-state index is 13.8. The van der Waals surface area contributed by atoms with Crippen LogP contribution < -0.4 is 25.4 Å². The van der Waals surface area contributed by atoms with Crippen LogP contribution in [0, 0.1) is 0 Å². The first kappa shape index (κ1) is 33.1. The Morgan fingerprint density at radius 3 is 2.51 bits per heavy atom. The van der Waals surface area contributed by atoms with Crippen LogP contribution in [0.5, 0.6) is 11.5 Å². The average molecular weight is 631 g/mol. The Kier molecular flexibility index (Phi) is 10.2. The third kappa shape index (κ3) is 9.37. The fourth-order valence-corrected chi connectivity index (χ4v) is 4.62. The summed E-state index contributed by atoms with van der Waals surface area (Å²) in [6.07, 6.45) is 2.10. The zero-order valence-corrected chi connectivity index (χ0v) is 25.6. The number of alkyl halides is 3. The van der Waals surface area contributed by atoms with E-state index in [0.717, 1.165) is 6.08 Å². The summed E-state index contributed by atoms with van der Waals surface area (Å²) in [7, 11) is 1.45. The number of carbonyl (C=O) groups excluding carboxylic acids is 2. The van der Waals surface area contributed by atoms with Gasteiger partial charge in [-0.05, 0) is 57.9 Å². The van der Waals surface area contributed by atoms with Crippen molar-refractivity contribution in [3.05, 3.63) is 66.2 Å². The molecule has 11 nitrogen and oxygen atoms in total. The van der Waals surface area contributed by atoms with E-state index in [1.54, 1.807) is 35.3 Å². The van der Waals surface area contributed by atoms with Crippen molar-refractivity contribution in [1.29, 1.82) is 0 Å². The number of ether oxygens (including phenoxy) is 3. The number of anilines is 3. The highest BCUT2D eigenvalue weighted by Crippen LogP contribution is 2.36. The van der Waals surface area contributed by atoms with Crippen LogP contribution in [-0.2, 0) is 15.7 Å². The van der Waals surface area contributed by atoms with Gasteiger partial charge < -0.3 is 35.1 Å². The number of hydrogen-bond donors (Lipinski definition) is 3. The molecular formula is C31H37F3N6O5. The van der Waals surface area contributed by atoms with Crippen molar-refractivity contribution < 1.29 is 37.0 Å². The first-order valence-corrected chi connectivity index (χ1v) is 14.4. The van der Waals surface area contributed by atoms with E-state index in [9.17, 15) is 22.8 Å². The molecule has 242 valence electrons. The predicted molar refractivity (Wildman–Crippen MR) is 162 cm³/mol. The van der Waals surface area contributed by atoms with Crippen LogP contribution in [0.2, 0.25) is 0 Å². The summed E-state index contributed by atoms with van der Waals surface area (Å²) in [6, 6.07) is 5.01. The van der Waals surface area contributed by atoms with E-state index in [2.05, 4.69) is 32.5 Å². The molecule has 0 atom stereocenters. The summed E-state index contributed by atoms with van der Waals surface area (Å²) in [5, 5.41) is 8.28. The second kappa shape index (κ2) is 13.9. The Morgan fingerprint density at radius 2 is 1.87 bits per heavy atom. The van der Waals surface area contributed by atoms with Crippen molar-refractivity contribution >= 4 is 29.5 Å². The number of likely N-dealkylation sites (tertiary alicyclic amines) is 1. The number of nitrogens with zero attached hydrogens (tertiary/aromatic N) is 3. The third-order valence-corrected chi connectivity index (χ3v) is 6.75. The second-order valence-corrected chi connectivity index (χ2v) is 11.4. The van der Waals surface area contributed by atoms with Gasteiger partial charge in [-0.3, -0.25) is 4.79 Å². The Balaban J connectivity index is 1.45. The molecular weight excluding hydrogens is 593 g/mol. The van der Waals surface area contributed by atoms with Crippen LogP contribution in [0.1, 0.15) is 52.0 Å². The van der Waals surface area contributed by atoms with Gasteiger partial charge in [0.2, 0.25) is 11.9 Å². The molecule has 2 heterocycles. The molecule has 0 spiro atoms. The molecule has 1 aliphatic heterocycles. The molecule has 1 aromatic carbocycles. The lowest BCUT2D eigenvalue weighted by Crippen LogP contribution is -2.44. The SMILES string of the molecule is C=CC(=O)NC1=CC(Nc2nc(Nc3ccc(OC4CCN(C(=O)OC(C)(C)C)CC4)cc3OC)ncc2C(F)(F)F)=CCC1. The van der Waals surface area contributed by atoms with Crippen molar-refractivity contribution in [3.63, 3.8) is 0 Å². The van der Waals surface area contributed by atoms with E-state index in [0.29, 0.717) is 73.6 Å². The molecule has 2 amide bonds. The van der Waals surface area contributed by atoms with Crippen molar-refractivity contribution in [2.75, 3.05) is 30.8 Å². The van der Waals surface area contributed by atoms with E-state index in [1.807, 2.05) is 20.8 Å². The Morgan fingerprint density at radius 1 is 1.13 bits per heavy atom. The molecule has 0 bridgehead atoms. The molecule has 2 aliphatic rings. The lowest BCUT2D eigenvalue weighted by atomic mass is 10.1. The predicted octanol–water partition coefficient (Wildman–Crippen LogP) is 6.30. The molecule has 14 heteroatoms. The molecule has 1 fully saturated rings. The number of methoxy groups -OCH3 is 1. The number of hydrogen-bond acceptors (Lipinski definition) is 9. The standard InChI is InChI=1S/C31H37F3N6O5/c1-6-26(41)36-19-8-7-9-20(16-19)37-27-23(31(32,33)34)18-35-28(39-27)38-24-11-10-22(17-25(24)43-5)44-21-12-14-40(15-13-21)29(42)45-30(2,3)4/h6,9-11,16-18,21H,1,7-8,12-15H2,2-5H3,(H,36,41)(H2,35,37,38,39). The number of aromatic nitrogens is 2. The topological polar surface area (TPSA) is 127 Å². The summed E-state index contributed by atoms with van der Waals surface area (Å²) in [5.74, 6) is -0.0969. The molecule has 4 rings (SSSR count). The first-order chi connectivity index (χ1) is 21.2. The van der Waals surface area contributed by atoms with Gasteiger partial charge in [0.15, 0.2) is 0 Å². The van der Waals surface area contributed by atoms with E-state index in [4.69, 9.17) is 14.2 Å². The van der Waals surface area contributed by atoms with Gasteiger partial charge in [-0.15, -0.1) is 0 Å². The van der Waals surface area contributed by atoms with Crippen LogP contribution >= 0.6 is 0 Å².